The fourth-order valence-corrected chi connectivity index (χ4v) is 7.12. The minimum atomic E-state index is -4.12. The molecule has 168 valence electrons. The molecular weight excluding hydrogens is 434 g/mol. The van der Waals surface area contributed by atoms with Crippen LogP contribution in [0.3, 0.4) is 0 Å². The maximum absolute atomic E-state index is 13.5. The SMILES string of the molecule is COC(=O)[C@H]1[C@H](c2ccc(C)cc2)C2(C(=O)NOC2=O)[C@H](c2ccc(C)cc2)CS1(=O)=O. The van der Waals surface area contributed by atoms with Crippen molar-refractivity contribution < 1.29 is 32.4 Å². The average molecular weight is 458 g/mol. The lowest BCUT2D eigenvalue weighted by molar-refractivity contribution is -0.153. The van der Waals surface area contributed by atoms with Gasteiger partial charge in [0.05, 0.1) is 12.9 Å². The van der Waals surface area contributed by atoms with Crippen LogP contribution < -0.4 is 5.48 Å². The molecule has 2 saturated heterocycles. The molecule has 2 aromatic carbocycles. The Balaban J connectivity index is 2.05. The summed E-state index contributed by atoms with van der Waals surface area (Å²) in [4.78, 5) is 44.3. The van der Waals surface area contributed by atoms with Crippen LogP contribution in [-0.4, -0.2) is 44.4 Å². The normalized spacial score (nSPS) is 28.8. The maximum Gasteiger partial charge on any atom is 0.349 e. The maximum atomic E-state index is 13.5. The molecule has 2 fully saturated rings. The number of rotatable bonds is 3. The van der Waals surface area contributed by atoms with Gasteiger partial charge in [-0.2, -0.15) is 5.48 Å². The third kappa shape index (κ3) is 3.19. The molecular formula is C23H23NO7S. The average Bonchev–Trinajstić information content (AvgIpc) is 3.05. The van der Waals surface area contributed by atoms with E-state index in [2.05, 4.69) is 5.48 Å². The minimum Gasteiger partial charge on any atom is -0.468 e. The van der Waals surface area contributed by atoms with E-state index in [1.54, 1.807) is 48.5 Å². The van der Waals surface area contributed by atoms with Gasteiger partial charge in [-0.05, 0) is 25.0 Å². The highest BCUT2D eigenvalue weighted by molar-refractivity contribution is 7.92. The molecule has 8 nitrogen and oxygen atoms in total. The van der Waals surface area contributed by atoms with Crippen LogP contribution in [0.1, 0.15) is 34.1 Å². The highest BCUT2D eigenvalue weighted by Gasteiger charge is 2.71. The van der Waals surface area contributed by atoms with Crippen molar-refractivity contribution in [1.82, 2.24) is 5.48 Å². The molecule has 2 aliphatic rings. The number of esters is 1. The second-order valence-electron chi connectivity index (χ2n) is 8.31. The molecule has 0 bridgehead atoms. The Hall–Kier alpha value is -3.20. The molecule has 2 heterocycles. The monoisotopic (exact) mass is 457 g/mol. The summed E-state index contributed by atoms with van der Waals surface area (Å²) in [5, 5.41) is -1.74. The first-order valence-electron chi connectivity index (χ1n) is 10.1. The number of amides is 1. The predicted octanol–water partition coefficient (Wildman–Crippen LogP) is 1.72. The molecule has 1 unspecified atom stereocenters. The van der Waals surface area contributed by atoms with Gasteiger partial charge >= 0.3 is 11.9 Å². The van der Waals surface area contributed by atoms with E-state index in [0.717, 1.165) is 18.2 Å². The molecule has 0 aliphatic carbocycles. The van der Waals surface area contributed by atoms with Gasteiger partial charge in [-0.3, -0.25) is 9.59 Å². The highest BCUT2D eigenvalue weighted by Crippen LogP contribution is 2.57. The van der Waals surface area contributed by atoms with Crippen molar-refractivity contribution in [2.45, 2.75) is 30.9 Å². The Bertz CT molecular complexity index is 1170. The van der Waals surface area contributed by atoms with Gasteiger partial charge in [0, 0.05) is 11.8 Å². The van der Waals surface area contributed by atoms with Gasteiger partial charge in [-0.1, -0.05) is 59.7 Å². The topological polar surface area (TPSA) is 116 Å². The number of nitrogens with one attached hydrogen (secondary N) is 1. The third-order valence-corrected chi connectivity index (χ3v) is 8.46. The van der Waals surface area contributed by atoms with Gasteiger partial charge in [0.25, 0.3) is 5.91 Å². The van der Waals surface area contributed by atoms with Gasteiger partial charge in [-0.15, -0.1) is 0 Å². The molecule has 1 N–H and O–H groups in total. The molecule has 4 atom stereocenters. The van der Waals surface area contributed by atoms with Crippen LogP contribution in [0, 0.1) is 19.3 Å². The second-order valence-corrected chi connectivity index (χ2v) is 10.5. The number of hydroxylamine groups is 1. The number of sulfone groups is 1. The van der Waals surface area contributed by atoms with E-state index in [-0.39, 0.29) is 0 Å². The van der Waals surface area contributed by atoms with Gasteiger partial charge in [0.15, 0.2) is 20.5 Å². The van der Waals surface area contributed by atoms with Crippen molar-refractivity contribution >= 4 is 27.7 Å². The summed E-state index contributed by atoms with van der Waals surface area (Å²) in [6.45, 7) is 3.72. The van der Waals surface area contributed by atoms with Crippen molar-refractivity contribution in [2.75, 3.05) is 12.9 Å². The Kier molecular flexibility index (Phi) is 5.32. The number of hydrogen-bond acceptors (Lipinski definition) is 7. The van der Waals surface area contributed by atoms with Crippen LogP contribution in [0.2, 0.25) is 0 Å². The van der Waals surface area contributed by atoms with Crippen molar-refractivity contribution in [3.8, 4) is 0 Å². The molecule has 2 aliphatic heterocycles. The first-order chi connectivity index (χ1) is 15.1. The lowest BCUT2D eigenvalue weighted by Gasteiger charge is -2.45. The number of ether oxygens (including phenoxy) is 1. The Morgan fingerprint density at radius 3 is 2.00 bits per heavy atom. The van der Waals surface area contributed by atoms with Crippen LogP contribution in [0.25, 0.3) is 0 Å². The van der Waals surface area contributed by atoms with Gasteiger partial charge in [-0.25, -0.2) is 13.2 Å². The summed E-state index contributed by atoms with van der Waals surface area (Å²) >= 11 is 0. The lowest BCUT2D eigenvalue weighted by Crippen LogP contribution is -2.60. The van der Waals surface area contributed by atoms with E-state index in [4.69, 9.17) is 9.57 Å². The van der Waals surface area contributed by atoms with Crippen molar-refractivity contribution in [1.29, 1.82) is 0 Å². The molecule has 1 amide bonds. The van der Waals surface area contributed by atoms with Crippen LogP contribution >= 0.6 is 0 Å². The van der Waals surface area contributed by atoms with Crippen LogP contribution in [-0.2, 0) is 33.8 Å². The Labute approximate surface area is 185 Å². The van der Waals surface area contributed by atoms with E-state index in [0.29, 0.717) is 11.1 Å². The molecule has 2 aromatic rings. The summed E-state index contributed by atoms with van der Waals surface area (Å²) in [7, 11) is -3.04. The van der Waals surface area contributed by atoms with E-state index in [9.17, 15) is 22.8 Å². The molecule has 0 saturated carbocycles. The van der Waals surface area contributed by atoms with Crippen LogP contribution in [0.4, 0.5) is 0 Å². The molecule has 0 aromatic heterocycles. The summed E-state index contributed by atoms with van der Waals surface area (Å²) in [6.07, 6.45) is 0. The number of carbonyl (C=O) groups excluding carboxylic acids is 3. The number of aryl methyl sites for hydroxylation is 2. The lowest BCUT2D eigenvalue weighted by atomic mass is 9.61. The molecule has 4 rings (SSSR count). The largest absolute Gasteiger partial charge is 0.468 e. The Morgan fingerprint density at radius 2 is 1.53 bits per heavy atom. The van der Waals surface area contributed by atoms with E-state index in [1.165, 1.54) is 0 Å². The van der Waals surface area contributed by atoms with Crippen LogP contribution in [0.5, 0.6) is 0 Å². The summed E-state index contributed by atoms with van der Waals surface area (Å²) in [5.74, 6) is -5.69. The summed E-state index contributed by atoms with van der Waals surface area (Å²) < 4.78 is 31.7. The first kappa shape index (κ1) is 22.0. The summed E-state index contributed by atoms with van der Waals surface area (Å²) in [6, 6.07) is 13.7. The van der Waals surface area contributed by atoms with Crippen molar-refractivity contribution in [3.05, 3.63) is 70.8 Å². The van der Waals surface area contributed by atoms with E-state index < -0.39 is 55.9 Å². The number of benzene rings is 2. The number of carbonyl (C=O) groups is 3. The predicted molar refractivity (Wildman–Crippen MR) is 114 cm³/mol. The molecule has 0 radical (unpaired) electrons. The highest BCUT2D eigenvalue weighted by atomic mass is 32.2. The minimum absolute atomic E-state index is 0.361. The zero-order chi connectivity index (χ0) is 23.3. The van der Waals surface area contributed by atoms with Crippen LogP contribution in [0.15, 0.2) is 48.5 Å². The van der Waals surface area contributed by atoms with Gasteiger partial charge in [0.2, 0.25) is 0 Å². The van der Waals surface area contributed by atoms with Crippen molar-refractivity contribution in [3.63, 3.8) is 0 Å². The fraction of sp³-hybridized carbons (Fsp3) is 0.348. The number of hydrogen-bond donors (Lipinski definition) is 1. The standard InChI is InChI=1S/C23H23NO7S/c1-13-4-8-15(9-5-13)17-12-32(28,29)19(20(25)30-3)18(16-10-6-14(2)7-11-16)23(17)21(26)24-31-22(23)27/h4-11,17-19H,12H2,1-3H3,(H,24,26)/t17-,18-,19+,23?/m0/s1. The molecule has 9 heteroatoms. The summed E-state index contributed by atoms with van der Waals surface area (Å²) in [5.41, 5.74) is 2.84. The Morgan fingerprint density at radius 1 is 1.00 bits per heavy atom. The number of methoxy groups -OCH3 is 1. The third-order valence-electron chi connectivity index (χ3n) is 6.43. The smallest absolute Gasteiger partial charge is 0.349 e. The van der Waals surface area contributed by atoms with E-state index in [1.807, 2.05) is 13.8 Å². The quantitative estimate of drug-likeness (QED) is 0.551. The van der Waals surface area contributed by atoms with Gasteiger partial charge < -0.3 is 9.57 Å². The zero-order valence-corrected chi connectivity index (χ0v) is 18.6. The second kappa shape index (κ2) is 7.74. The van der Waals surface area contributed by atoms with Gasteiger partial charge in [0.1, 0.15) is 0 Å². The molecule has 1 spiro atoms. The fourth-order valence-electron chi connectivity index (χ4n) is 4.82. The first-order valence-corrected chi connectivity index (χ1v) is 11.8. The zero-order valence-electron chi connectivity index (χ0n) is 17.8. The van der Waals surface area contributed by atoms with E-state index >= 15 is 0 Å². The molecule has 32 heavy (non-hydrogen) atoms. The van der Waals surface area contributed by atoms with Crippen molar-refractivity contribution in [2.24, 2.45) is 5.41 Å².